The molecule has 1 heterocycles. The second-order valence-corrected chi connectivity index (χ2v) is 3.14. The summed E-state index contributed by atoms with van der Waals surface area (Å²) in [5.74, 6) is -1.52. The topological polar surface area (TPSA) is 90.9 Å². The Bertz CT molecular complexity index is 597. The van der Waals surface area contributed by atoms with Crippen LogP contribution in [0.25, 0.3) is 11.0 Å². The van der Waals surface area contributed by atoms with Gasteiger partial charge in [0.1, 0.15) is 16.7 Å². The molecule has 0 aliphatic heterocycles. The third kappa shape index (κ3) is 1.20. The average molecular weight is 208 g/mol. The van der Waals surface area contributed by atoms with Crippen LogP contribution < -0.4 is 5.43 Å². The van der Waals surface area contributed by atoms with Crippen LogP contribution in [0.4, 0.5) is 0 Å². The van der Waals surface area contributed by atoms with Gasteiger partial charge in [0.05, 0.1) is 0 Å². The minimum atomic E-state index is -0.762. The molecule has 0 saturated carbocycles. The van der Waals surface area contributed by atoms with E-state index >= 15 is 0 Å². The summed E-state index contributed by atoms with van der Waals surface area (Å²) in [7, 11) is 0. The minimum absolute atomic E-state index is 0.0672. The van der Waals surface area contributed by atoms with Gasteiger partial charge in [-0.15, -0.1) is 0 Å². The predicted octanol–water partition coefficient (Wildman–Crippen LogP) is 1.22. The van der Waals surface area contributed by atoms with E-state index in [1.54, 1.807) is 0 Å². The van der Waals surface area contributed by atoms with Crippen molar-refractivity contribution >= 4 is 11.0 Å². The van der Waals surface area contributed by atoms with Crippen LogP contribution in [-0.2, 0) is 0 Å². The number of hydrogen-bond acceptors (Lipinski definition) is 5. The molecule has 0 fully saturated rings. The lowest BCUT2D eigenvalue weighted by Crippen LogP contribution is -2.02. The highest BCUT2D eigenvalue weighted by atomic mass is 16.4. The van der Waals surface area contributed by atoms with Crippen molar-refractivity contribution in [3.8, 4) is 17.2 Å². The van der Waals surface area contributed by atoms with Gasteiger partial charge in [0.25, 0.3) is 0 Å². The number of benzene rings is 1. The van der Waals surface area contributed by atoms with E-state index < -0.39 is 22.7 Å². The zero-order valence-corrected chi connectivity index (χ0v) is 7.81. The van der Waals surface area contributed by atoms with Gasteiger partial charge in [0.2, 0.25) is 11.2 Å². The van der Waals surface area contributed by atoms with Crippen molar-refractivity contribution in [1.29, 1.82) is 0 Å². The van der Waals surface area contributed by atoms with Crippen LogP contribution in [0.3, 0.4) is 0 Å². The molecule has 78 valence electrons. The number of fused-ring (bicyclic) bond motifs is 1. The molecule has 0 bridgehead atoms. The summed E-state index contributed by atoms with van der Waals surface area (Å²) in [5.41, 5.74) is -0.646. The Morgan fingerprint density at radius 1 is 1.13 bits per heavy atom. The Hall–Kier alpha value is -2.17. The molecule has 2 rings (SSSR count). The van der Waals surface area contributed by atoms with E-state index in [0.717, 1.165) is 0 Å². The van der Waals surface area contributed by atoms with Gasteiger partial charge < -0.3 is 19.7 Å². The number of phenols is 2. The van der Waals surface area contributed by atoms with Crippen molar-refractivity contribution in [3.63, 3.8) is 0 Å². The monoisotopic (exact) mass is 208 g/mol. The first-order valence-corrected chi connectivity index (χ1v) is 4.19. The summed E-state index contributed by atoms with van der Waals surface area (Å²) in [4.78, 5) is 11.5. The van der Waals surface area contributed by atoms with Crippen LogP contribution in [0.2, 0.25) is 0 Å². The summed E-state index contributed by atoms with van der Waals surface area (Å²) in [5, 5.41) is 27.7. The summed E-state index contributed by atoms with van der Waals surface area (Å²) in [6.45, 7) is 1.43. The van der Waals surface area contributed by atoms with E-state index in [-0.39, 0.29) is 16.7 Å². The van der Waals surface area contributed by atoms with Gasteiger partial charge in [-0.2, -0.15) is 0 Å². The van der Waals surface area contributed by atoms with Crippen molar-refractivity contribution in [2.24, 2.45) is 0 Å². The maximum absolute atomic E-state index is 11.5. The summed E-state index contributed by atoms with van der Waals surface area (Å²) in [6, 6.07) is 2.55. The normalized spacial score (nSPS) is 10.7. The Kier molecular flexibility index (Phi) is 1.82. The van der Waals surface area contributed by atoms with Gasteiger partial charge in [-0.25, -0.2) is 0 Å². The number of rotatable bonds is 0. The lowest BCUT2D eigenvalue weighted by molar-refractivity contribution is 0.402. The van der Waals surface area contributed by atoms with Crippen LogP contribution in [0.15, 0.2) is 21.3 Å². The van der Waals surface area contributed by atoms with Crippen molar-refractivity contribution in [1.82, 2.24) is 0 Å². The van der Waals surface area contributed by atoms with E-state index in [1.807, 2.05) is 0 Å². The van der Waals surface area contributed by atoms with E-state index in [2.05, 4.69) is 0 Å². The van der Waals surface area contributed by atoms with Gasteiger partial charge in [-0.05, 0) is 19.1 Å². The Morgan fingerprint density at radius 3 is 2.47 bits per heavy atom. The van der Waals surface area contributed by atoms with Crippen LogP contribution in [-0.4, -0.2) is 15.3 Å². The molecule has 0 spiro atoms. The lowest BCUT2D eigenvalue weighted by atomic mass is 10.2. The molecule has 2 aromatic rings. The highest BCUT2D eigenvalue weighted by Gasteiger charge is 2.15. The van der Waals surface area contributed by atoms with Crippen LogP contribution >= 0.6 is 0 Å². The van der Waals surface area contributed by atoms with Gasteiger partial charge in [-0.1, -0.05) is 0 Å². The van der Waals surface area contributed by atoms with Crippen molar-refractivity contribution < 1.29 is 19.7 Å². The molecule has 5 nitrogen and oxygen atoms in total. The second kappa shape index (κ2) is 2.91. The lowest BCUT2D eigenvalue weighted by Gasteiger charge is -2.04. The minimum Gasteiger partial charge on any atom is -0.504 e. The molecule has 0 amide bonds. The molecular weight excluding hydrogens is 200 g/mol. The van der Waals surface area contributed by atoms with Crippen LogP contribution in [0, 0.1) is 6.92 Å². The molecule has 0 atom stereocenters. The van der Waals surface area contributed by atoms with Crippen molar-refractivity contribution in [2.45, 2.75) is 6.92 Å². The van der Waals surface area contributed by atoms with Crippen molar-refractivity contribution in [3.05, 3.63) is 28.1 Å². The third-order valence-corrected chi connectivity index (χ3v) is 2.16. The summed E-state index contributed by atoms with van der Waals surface area (Å²) >= 11 is 0. The molecular formula is C10H8O5. The van der Waals surface area contributed by atoms with Crippen LogP contribution in [0.1, 0.15) is 5.76 Å². The average Bonchev–Trinajstić information content (AvgIpc) is 2.20. The molecule has 3 N–H and O–H groups in total. The first kappa shape index (κ1) is 9.39. The maximum atomic E-state index is 11.5. The number of aromatic hydroxyl groups is 3. The van der Waals surface area contributed by atoms with Crippen LogP contribution in [0.5, 0.6) is 17.2 Å². The van der Waals surface area contributed by atoms with E-state index in [0.29, 0.717) is 0 Å². The smallest absolute Gasteiger partial charge is 0.238 e. The third-order valence-electron chi connectivity index (χ3n) is 2.16. The number of hydrogen-bond donors (Lipinski definition) is 3. The zero-order chi connectivity index (χ0) is 11.2. The van der Waals surface area contributed by atoms with E-state index in [9.17, 15) is 20.1 Å². The molecule has 1 aromatic heterocycles. The number of aryl methyl sites for hydroxylation is 1. The standard InChI is InChI=1S/C10H8O5/c1-4-8(12)10(14)7-6(15-4)3-2-5(11)9(7)13/h2-3,11-13H,1H3. The molecule has 0 radical (unpaired) electrons. The predicted molar refractivity (Wildman–Crippen MR) is 52.2 cm³/mol. The molecule has 0 saturated heterocycles. The fourth-order valence-electron chi connectivity index (χ4n) is 1.36. The molecule has 1 aromatic carbocycles. The van der Waals surface area contributed by atoms with Gasteiger partial charge in [0, 0.05) is 0 Å². The molecule has 5 heteroatoms. The fourth-order valence-corrected chi connectivity index (χ4v) is 1.36. The number of phenolic OH excluding ortho intramolecular Hbond substituents is 2. The Balaban J connectivity index is 3.08. The zero-order valence-electron chi connectivity index (χ0n) is 7.81. The second-order valence-electron chi connectivity index (χ2n) is 3.14. The summed E-state index contributed by atoms with van der Waals surface area (Å²) < 4.78 is 5.09. The first-order chi connectivity index (χ1) is 7.02. The van der Waals surface area contributed by atoms with Crippen molar-refractivity contribution in [2.75, 3.05) is 0 Å². The molecule has 0 aliphatic carbocycles. The maximum Gasteiger partial charge on any atom is 0.238 e. The quantitative estimate of drug-likeness (QED) is 0.566. The molecule has 15 heavy (non-hydrogen) atoms. The first-order valence-electron chi connectivity index (χ1n) is 4.19. The van der Waals surface area contributed by atoms with Gasteiger partial charge in [-0.3, -0.25) is 4.79 Å². The summed E-state index contributed by atoms with van der Waals surface area (Å²) in [6.07, 6.45) is 0. The highest BCUT2D eigenvalue weighted by Crippen LogP contribution is 2.33. The molecule has 0 unspecified atom stereocenters. The largest absolute Gasteiger partial charge is 0.504 e. The van der Waals surface area contributed by atoms with Gasteiger partial charge in [0.15, 0.2) is 11.5 Å². The van der Waals surface area contributed by atoms with E-state index in [1.165, 1.54) is 19.1 Å². The fraction of sp³-hybridized carbons (Fsp3) is 0.100. The Morgan fingerprint density at radius 2 is 1.80 bits per heavy atom. The van der Waals surface area contributed by atoms with Gasteiger partial charge >= 0.3 is 0 Å². The Labute approximate surface area is 83.8 Å². The highest BCUT2D eigenvalue weighted by molar-refractivity contribution is 5.86. The SMILES string of the molecule is Cc1oc2ccc(O)c(O)c2c(=O)c1O. The molecule has 0 aliphatic rings. The van der Waals surface area contributed by atoms with E-state index in [4.69, 9.17) is 4.42 Å².